The zero-order valence-electron chi connectivity index (χ0n) is 8.32. The molecule has 1 amide bonds. The summed E-state index contributed by atoms with van der Waals surface area (Å²) in [6, 6.07) is 0. The fraction of sp³-hybridized carbons (Fsp3) is 0.700. The van der Waals surface area contributed by atoms with Crippen molar-refractivity contribution in [3.8, 4) is 0 Å². The maximum Gasteiger partial charge on any atom is 0.235 e. The van der Waals surface area contributed by atoms with E-state index in [4.69, 9.17) is 0 Å². The Morgan fingerprint density at radius 2 is 2.46 bits per heavy atom. The number of hydrogen-bond donors (Lipinski definition) is 0. The summed E-state index contributed by atoms with van der Waals surface area (Å²) in [7, 11) is 1.89. The lowest BCUT2D eigenvalue weighted by Gasteiger charge is -2.28. The molecule has 0 saturated carbocycles. The molecular formula is C10H17NOS. The van der Waals surface area contributed by atoms with Crippen LogP contribution in [0.1, 0.15) is 19.8 Å². The molecule has 1 rings (SSSR count). The molecule has 1 aliphatic heterocycles. The van der Waals surface area contributed by atoms with Crippen LogP contribution in [0, 0.1) is 0 Å². The summed E-state index contributed by atoms with van der Waals surface area (Å²) in [6.45, 7) is 2.94. The van der Waals surface area contributed by atoms with Crippen molar-refractivity contribution in [1.29, 1.82) is 0 Å². The Morgan fingerprint density at radius 3 is 3.15 bits per heavy atom. The van der Waals surface area contributed by atoms with Crippen molar-refractivity contribution in [2.75, 3.05) is 19.3 Å². The van der Waals surface area contributed by atoms with Gasteiger partial charge in [0, 0.05) is 19.3 Å². The number of nitrogens with zero attached hydrogens (tertiary/aromatic N) is 1. The zero-order chi connectivity index (χ0) is 9.68. The number of piperidine rings is 1. The molecule has 0 bridgehead atoms. The van der Waals surface area contributed by atoms with Crippen LogP contribution in [0.3, 0.4) is 0 Å². The van der Waals surface area contributed by atoms with E-state index in [1.807, 2.05) is 24.9 Å². The van der Waals surface area contributed by atoms with E-state index in [0.717, 1.165) is 25.1 Å². The van der Waals surface area contributed by atoms with Crippen molar-refractivity contribution in [1.82, 2.24) is 4.90 Å². The maximum atomic E-state index is 11.6. The van der Waals surface area contributed by atoms with Gasteiger partial charge in [-0.1, -0.05) is 12.2 Å². The maximum absolute atomic E-state index is 11.6. The minimum atomic E-state index is 0.204. The number of carbonyl (C=O) groups is 1. The van der Waals surface area contributed by atoms with Gasteiger partial charge in [-0.2, -0.15) is 0 Å². The van der Waals surface area contributed by atoms with Gasteiger partial charge in [0.25, 0.3) is 0 Å². The largest absolute Gasteiger partial charge is 0.345 e. The van der Waals surface area contributed by atoms with Crippen molar-refractivity contribution in [3.63, 3.8) is 0 Å². The highest BCUT2D eigenvalue weighted by molar-refractivity contribution is 8.00. The van der Waals surface area contributed by atoms with E-state index in [-0.39, 0.29) is 5.25 Å². The molecule has 1 aliphatic rings. The smallest absolute Gasteiger partial charge is 0.235 e. The molecular weight excluding hydrogens is 182 g/mol. The molecule has 1 atom stereocenters. The zero-order valence-corrected chi connectivity index (χ0v) is 9.14. The fourth-order valence-electron chi connectivity index (χ4n) is 1.42. The van der Waals surface area contributed by atoms with Crippen molar-refractivity contribution in [3.05, 3.63) is 12.2 Å². The predicted molar refractivity (Wildman–Crippen MR) is 57.9 cm³/mol. The Kier molecular flexibility index (Phi) is 4.36. The Morgan fingerprint density at radius 1 is 1.69 bits per heavy atom. The minimum Gasteiger partial charge on any atom is -0.345 e. The third-order valence-electron chi connectivity index (χ3n) is 2.24. The van der Waals surface area contributed by atoms with Gasteiger partial charge < -0.3 is 4.90 Å². The van der Waals surface area contributed by atoms with Crippen LogP contribution in [0.25, 0.3) is 0 Å². The third kappa shape index (κ3) is 3.07. The molecule has 0 aromatic carbocycles. The first-order valence-corrected chi connectivity index (χ1v) is 5.78. The molecule has 0 aromatic rings. The average Bonchev–Trinajstić information content (AvgIpc) is 2.13. The van der Waals surface area contributed by atoms with Crippen LogP contribution in [-0.2, 0) is 4.79 Å². The monoisotopic (exact) mass is 199 g/mol. The minimum absolute atomic E-state index is 0.204. The van der Waals surface area contributed by atoms with Crippen LogP contribution >= 0.6 is 11.8 Å². The highest BCUT2D eigenvalue weighted by Gasteiger charge is 2.25. The summed E-state index contributed by atoms with van der Waals surface area (Å²) in [5, 5.41) is 0.204. The molecule has 13 heavy (non-hydrogen) atoms. The summed E-state index contributed by atoms with van der Waals surface area (Å²) in [4.78, 5) is 13.4. The molecule has 0 N–H and O–H groups in total. The van der Waals surface area contributed by atoms with Gasteiger partial charge in [-0.15, -0.1) is 11.8 Å². The fourth-order valence-corrected chi connectivity index (χ4v) is 2.61. The Bertz CT molecular complexity index is 203. The number of hydrogen-bond acceptors (Lipinski definition) is 2. The van der Waals surface area contributed by atoms with Gasteiger partial charge in [0.15, 0.2) is 0 Å². The normalized spacial score (nSPS) is 24.3. The van der Waals surface area contributed by atoms with Crippen LogP contribution in [-0.4, -0.2) is 35.4 Å². The van der Waals surface area contributed by atoms with Gasteiger partial charge >= 0.3 is 0 Å². The summed E-state index contributed by atoms with van der Waals surface area (Å²) < 4.78 is 0. The second-order valence-corrected chi connectivity index (χ2v) is 4.53. The van der Waals surface area contributed by atoms with Crippen LogP contribution in [0.5, 0.6) is 0 Å². The molecule has 0 spiro atoms. The molecule has 1 unspecified atom stereocenters. The quantitative estimate of drug-likeness (QED) is 0.647. The standard InChI is InChI=1S/C10H17NOS/c1-3-4-8-13-9-6-5-7-11(2)10(9)12/h3-4,9H,5-8H2,1-2H3/b4-3+. The first kappa shape index (κ1) is 10.6. The lowest BCUT2D eigenvalue weighted by atomic mass is 10.1. The van der Waals surface area contributed by atoms with Crippen molar-refractivity contribution in [2.24, 2.45) is 0 Å². The average molecular weight is 199 g/mol. The van der Waals surface area contributed by atoms with Gasteiger partial charge in [-0.25, -0.2) is 0 Å². The summed E-state index contributed by atoms with van der Waals surface area (Å²) >= 11 is 1.76. The molecule has 0 radical (unpaired) electrons. The first-order chi connectivity index (χ1) is 6.25. The topological polar surface area (TPSA) is 20.3 Å². The van der Waals surface area contributed by atoms with Crippen molar-refractivity contribution in [2.45, 2.75) is 25.0 Å². The number of thioether (sulfide) groups is 1. The Hall–Kier alpha value is -0.440. The highest BCUT2D eigenvalue weighted by Crippen LogP contribution is 2.22. The second-order valence-electron chi connectivity index (χ2n) is 3.29. The molecule has 1 fully saturated rings. The van der Waals surface area contributed by atoms with E-state index in [1.165, 1.54) is 0 Å². The van der Waals surface area contributed by atoms with Crippen molar-refractivity contribution >= 4 is 17.7 Å². The molecule has 0 aliphatic carbocycles. The van der Waals surface area contributed by atoms with E-state index < -0.39 is 0 Å². The highest BCUT2D eigenvalue weighted by atomic mass is 32.2. The van der Waals surface area contributed by atoms with Gasteiger partial charge in [0.05, 0.1) is 5.25 Å². The van der Waals surface area contributed by atoms with Gasteiger partial charge in [0.2, 0.25) is 5.91 Å². The lowest BCUT2D eigenvalue weighted by Crippen LogP contribution is -2.40. The van der Waals surface area contributed by atoms with Crippen LogP contribution < -0.4 is 0 Å². The van der Waals surface area contributed by atoms with E-state index in [2.05, 4.69) is 6.08 Å². The van der Waals surface area contributed by atoms with Crippen molar-refractivity contribution < 1.29 is 4.79 Å². The van der Waals surface area contributed by atoms with Crippen LogP contribution in [0.2, 0.25) is 0 Å². The molecule has 1 saturated heterocycles. The van der Waals surface area contributed by atoms with E-state index in [1.54, 1.807) is 11.8 Å². The van der Waals surface area contributed by atoms with E-state index >= 15 is 0 Å². The number of allylic oxidation sites excluding steroid dienone is 1. The molecule has 2 nitrogen and oxygen atoms in total. The molecule has 3 heteroatoms. The van der Waals surface area contributed by atoms with E-state index in [0.29, 0.717) is 5.91 Å². The Balaban J connectivity index is 2.35. The number of likely N-dealkylation sites (tertiary alicyclic amines) is 1. The summed E-state index contributed by atoms with van der Waals surface area (Å²) in [5.41, 5.74) is 0. The first-order valence-electron chi connectivity index (χ1n) is 4.73. The summed E-state index contributed by atoms with van der Waals surface area (Å²) in [6.07, 6.45) is 6.33. The number of rotatable bonds is 3. The molecule has 74 valence electrons. The van der Waals surface area contributed by atoms with Gasteiger partial charge in [0.1, 0.15) is 0 Å². The summed E-state index contributed by atoms with van der Waals surface area (Å²) in [5.74, 6) is 1.27. The SMILES string of the molecule is C/C=C/CSC1CCCN(C)C1=O. The van der Waals surface area contributed by atoms with Gasteiger partial charge in [-0.3, -0.25) is 4.79 Å². The Labute approximate surface area is 84.4 Å². The van der Waals surface area contributed by atoms with Gasteiger partial charge in [-0.05, 0) is 19.8 Å². The number of carbonyl (C=O) groups excluding carboxylic acids is 1. The third-order valence-corrected chi connectivity index (χ3v) is 3.47. The second kappa shape index (κ2) is 5.32. The van der Waals surface area contributed by atoms with Crippen LogP contribution in [0.15, 0.2) is 12.2 Å². The van der Waals surface area contributed by atoms with Crippen LogP contribution in [0.4, 0.5) is 0 Å². The number of amides is 1. The molecule has 1 heterocycles. The van der Waals surface area contributed by atoms with E-state index in [9.17, 15) is 4.79 Å². The predicted octanol–water partition coefficient (Wildman–Crippen LogP) is 1.92. The lowest BCUT2D eigenvalue weighted by molar-refractivity contribution is -0.131. The molecule has 0 aromatic heterocycles.